The molecule has 374 valence electrons. The summed E-state index contributed by atoms with van der Waals surface area (Å²) in [6, 6.07) is -1.04. The summed E-state index contributed by atoms with van der Waals surface area (Å²) in [6.45, 7) is 23.4. The molecule has 2 saturated heterocycles. The highest BCUT2D eigenvalue weighted by Crippen LogP contribution is 2.42. The van der Waals surface area contributed by atoms with E-state index in [1.807, 2.05) is 38.2 Å². The first-order chi connectivity index (χ1) is 31.1. The molecule has 4 aliphatic rings. The molecule has 11 heteroatoms. The maximum absolute atomic E-state index is 14.5. The predicted octanol–water partition coefficient (Wildman–Crippen LogP) is 10.2. The number of carbonyl (C=O) groups is 4. The van der Waals surface area contributed by atoms with Gasteiger partial charge in [-0.3, -0.25) is 14.4 Å². The molecule has 0 unspecified atom stereocenters. The van der Waals surface area contributed by atoms with Crippen molar-refractivity contribution >= 4 is 23.4 Å². The van der Waals surface area contributed by atoms with Crippen molar-refractivity contribution < 1.29 is 48.0 Å². The topological polar surface area (TPSA) is 138 Å². The number of hydrogen-bond acceptors (Lipinski definition) is 10. The number of ketones is 2. The first kappa shape index (κ1) is 55.6. The Morgan fingerprint density at radius 3 is 2.20 bits per heavy atom. The fraction of sp³-hybridized carbons (Fsp3) is 0.782. The Hall–Kier alpha value is -2.96. The number of aliphatic hydroxyl groups is 1. The van der Waals surface area contributed by atoms with Gasteiger partial charge in [0.05, 0.1) is 24.4 Å². The standard InChI is InChI=1S/C55H89NO10/c1-34-20-16-15-17-21-35(2)48(63-13)32-44-26-24-40(7)55(61,66-44)50(58)52(59)56-27-19-18-22-45(56)53(60)65-49(39(6)30-43-25-23-36(3)47(31-43)62-12)33-46(57)38(5)29-37(4)42(9)51(64-14)54(10,11)41(8)28-34/h15-17,20-21,29,34,36,38-45,47-49,51,61H,18-19,22-28,30-33H2,1-14H3/b17-15+,20-16+,35-21+,37-29+/t34-,36-,38-,39-,40-,41-,42-,43+,44+,45+,47-,48+,49+,51-,55-/m1/s1. The van der Waals surface area contributed by atoms with Crippen molar-refractivity contribution in [3.05, 3.63) is 47.6 Å². The lowest BCUT2D eigenvalue weighted by molar-refractivity contribution is -0.265. The molecule has 4 rings (SSSR count). The van der Waals surface area contributed by atoms with Gasteiger partial charge in [-0.1, -0.05) is 104 Å². The van der Waals surface area contributed by atoms with Crippen molar-refractivity contribution in [3.8, 4) is 0 Å². The van der Waals surface area contributed by atoms with Crippen molar-refractivity contribution in [1.29, 1.82) is 0 Å². The summed E-state index contributed by atoms with van der Waals surface area (Å²) < 4.78 is 30.7. The molecular weight excluding hydrogens is 835 g/mol. The SMILES string of the molecule is CO[C@H]1C[C@@H]2CC[C@@H](C)[C@@](O)(O2)C(=O)C(=O)N2CCCC[C@H]2C(=O)O[C@H]([C@H](C)C[C@@H]2CC[C@@H](C)[C@H](OC)C2)CC(=O)[C@H](C)/C=C(\C)[C@@H](C)[C@@H](OC)C(C)(C)[C@H](C)C[C@H](C)/C=C/C=C/C=C/1C. The molecule has 0 aromatic carbocycles. The second-order valence-corrected chi connectivity index (χ2v) is 21.8. The van der Waals surface area contributed by atoms with Gasteiger partial charge in [0.2, 0.25) is 5.79 Å². The van der Waals surface area contributed by atoms with Gasteiger partial charge in [0, 0.05) is 58.5 Å². The molecule has 3 fully saturated rings. The van der Waals surface area contributed by atoms with E-state index in [1.54, 1.807) is 28.3 Å². The lowest BCUT2D eigenvalue weighted by Crippen LogP contribution is -2.61. The first-order valence-electron chi connectivity index (χ1n) is 25.4. The van der Waals surface area contributed by atoms with Crippen molar-refractivity contribution in [3.63, 3.8) is 0 Å². The summed E-state index contributed by atoms with van der Waals surface area (Å²) in [4.78, 5) is 58.7. The summed E-state index contributed by atoms with van der Waals surface area (Å²) in [5.74, 6) is -4.91. The summed E-state index contributed by atoms with van der Waals surface area (Å²) in [6.07, 6.45) is 18.4. The third kappa shape index (κ3) is 14.1. The maximum Gasteiger partial charge on any atom is 0.329 e. The van der Waals surface area contributed by atoms with Gasteiger partial charge >= 0.3 is 5.97 Å². The molecule has 3 heterocycles. The largest absolute Gasteiger partial charge is 0.460 e. The Kier molecular flexibility index (Phi) is 21.1. The van der Waals surface area contributed by atoms with Crippen LogP contribution in [0.25, 0.3) is 0 Å². The van der Waals surface area contributed by atoms with Crippen LogP contribution in [0.5, 0.6) is 0 Å². The number of esters is 1. The van der Waals surface area contributed by atoms with Gasteiger partial charge in [0.1, 0.15) is 17.9 Å². The number of methoxy groups -OCH3 is 3. The lowest BCUT2D eigenvalue weighted by atomic mass is 9.67. The molecule has 11 nitrogen and oxygen atoms in total. The number of allylic oxidation sites excluding steroid dienone is 6. The minimum absolute atomic E-state index is 0.0170. The number of piperidine rings is 1. The molecule has 2 bridgehead atoms. The highest BCUT2D eigenvalue weighted by Gasteiger charge is 2.53. The zero-order chi connectivity index (χ0) is 49.1. The van der Waals surface area contributed by atoms with Gasteiger partial charge in [-0.25, -0.2) is 4.79 Å². The molecule has 66 heavy (non-hydrogen) atoms. The third-order valence-corrected chi connectivity index (χ3v) is 16.5. The van der Waals surface area contributed by atoms with Crippen molar-refractivity contribution in [2.75, 3.05) is 27.9 Å². The fourth-order valence-electron chi connectivity index (χ4n) is 11.4. The monoisotopic (exact) mass is 924 g/mol. The van der Waals surface area contributed by atoms with Crippen LogP contribution in [-0.4, -0.2) is 104 Å². The Balaban J connectivity index is 1.72. The molecule has 3 aliphatic heterocycles. The van der Waals surface area contributed by atoms with Crippen LogP contribution < -0.4 is 0 Å². The molecule has 0 spiro atoms. The number of hydrogen-bond donors (Lipinski definition) is 1. The summed E-state index contributed by atoms with van der Waals surface area (Å²) >= 11 is 0. The zero-order valence-corrected chi connectivity index (χ0v) is 43.3. The second kappa shape index (κ2) is 25.1. The van der Waals surface area contributed by atoms with Crippen molar-refractivity contribution in [2.24, 2.45) is 52.8 Å². The Bertz CT molecular complexity index is 1750. The van der Waals surface area contributed by atoms with E-state index in [-0.39, 0.29) is 54.3 Å². The molecule has 1 saturated carbocycles. The zero-order valence-electron chi connectivity index (χ0n) is 43.3. The summed E-state index contributed by atoms with van der Waals surface area (Å²) in [7, 11) is 5.17. The highest BCUT2D eigenvalue weighted by molar-refractivity contribution is 6.39. The van der Waals surface area contributed by atoms with Crippen molar-refractivity contribution in [2.45, 2.75) is 196 Å². The minimum Gasteiger partial charge on any atom is -0.460 e. The average molecular weight is 924 g/mol. The normalized spacial score (nSPS) is 40.8. The second-order valence-electron chi connectivity index (χ2n) is 21.8. The first-order valence-corrected chi connectivity index (χ1v) is 25.4. The van der Waals surface area contributed by atoms with E-state index in [1.165, 1.54) is 4.90 Å². The molecule has 0 aromatic rings. The maximum atomic E-state index is 14.5. The number of Topliss-reactive ketones (excluding diaryl/α,β-unsaturated/α-hetero) is 2. The van der Waals surface area contributed by atoms with E-state index in [2.05, 4.69) is 67.5 Å². The van der Waals surface area contributed by atoms with Gasteiger partial charge in [-0.2, -0.15) is 0 Å². The van der Waals surface area contributed by atoms with Gasteiger partial charge in [0.15, 0.2) is 0 Å². The van der Waals surface area contributed by atoms with E-state index in [4.69, 9.17) is 23.7 Å². The molecule has 1 aliphatic carbocycles. The van der Waals surface area contributed by atoms with Crippen LogP contribution in [0.15, 0.2) is 47.6 Å². The third-order valence-electron chi connectivity index (χ3n) is 16.5. The molecule has 0 aromatic heterocycles. The number of carbonyl (C=O) groups excluding carboxylic acids is 4. The van der Waals surface area contributed by atoms with Crippen LogP contribution in [0, 0.1) is 52.8 Å². The van der Waals surface area contributed by atoms with Gasteiger partial charge in [-0.15, -0.1) is 0 Å². The van der Waals surface area contributed by atoms with Crippen LogP contribution in [0.3, 0.4) is 0 Å². The van der Waals surface area contributed by atoms with Crippen LogP contribution in [0.1, 0.15) is 153 Å². The Labute approximate surface area is 398 Å². The lowest BCUT2D eigenvalue weighted by Gasteiger charge is -2.43. The van der Waals surface area contributed by atoms with E-state index in [0.29, 0.717) is 62.2 Å². The van der Waals surface area contributed by atoms with Crippen LogP contribution in [0.4, 0.5) is 0 Å². The minimum atomic E-state index is -2.37. The number of rotatable bonds is 6. The molecule has 0 radical (unpaired) electrons. The predicted molar refractivity (Wildman–Crippen MR) is 260 cm³/mol. The molecular formula is C55H89NO10. The van der Waals surface area contributed by atoms with Gasteiger partial charge < -0.3 is 33.7 Å². The van der Waals surface area contributed by atoms with Crippen molar-refractivity contribution in [1.82, 2.24) is 4.90 Å². The van der Waals surface area contributed by atoms with Gasteiger partial charge in [-0.05, 0) is 119 Å². The van der Waals surface area contributed by atoms with Crippen LogP contribution in [0.2, 0.25) is 0 Å². The van der Waals surface area contributed by atoms with E-state index >= 15 is 0 Å². The Morgan fingerprint density at radius 1 is 0.818 bits per heavy atom. The highest BCUT2D eigenvalue weighted by atomic mass is 16.6. The fourth-order valence-corrected chi connectivity index (χ4v) is 11.4. The summed E-state index contributed by atoms with van der Waals surface area (Å²) in [5.41, 5.74) is 1.84. The molecule has 1 N–H and O–H groups in total. The van der Waals surface area contributed by atoms with Crippen LogP contribution >= 0.6 is 0 Å². The van der Waals surface area contributed by atoms with Crippen LogP contribution in [-0.2, 0) is 42.9 Å². The quantitative estimate of drug-likeness (QED) is 0.156. The summed E-state index contributed by atoms with van der Waals surface area (Å²) in [5, 5.41) is 12.0. The van der Waals surface area contributed by atoms with E-state index in [9.17, 15) is 24.3 Å². The number of cyclic esters (lactones) is 1. The number of amides is 1. The smallest absolute Gasteiger partial charge is 0.329 e. The number of ether oxygens (including phenoxy) is 5. The average Bonchev–Trinajstić information content (AvgIpc) is 3.28. The van der Waals surface area contributed by atoms with Gasteiger partial charge in [0.25, 0.3) is 11.7 Å². The van der Waals surface area contributed by atoms with E-state index < -0.39 is 53.5 Å². The molecule has 15 atom stereocenters. The Morgan fingerprint density at radius 2 is 1.53 bits per heavy atom. The van der Waals surface area contributed by atoms with E-state index in [0.717, 1.165) is 43.3 Å². The number of fused-ring (bicyclic) bond motifs is 3. The molecule has 1 amide bonds. The number of nitrogens with zero attached hydrogens (tertiary/aromatic N) is 1.